The van der Waals surface area contributed by atoms with Gasteiger partial charge in [0, 0.05) is 13.2 Å². The Kier molecular flexibility index (Phi) is 4.71. The van der Waals surface area contributed by atoms with E-state index < -0.39 is 0 Å². The third kappa shape index (κ3) is 3.76. The summed E-state index contributed by atoms with van der Waals surface area (Å²) in [5.74, 6) is -0.206. The van der Waals surface area contributed by atoms with Gasteiger partial charge in [-0.1, -0.05) is 35.0 Å². The SMILES string of the molecule is Cc1ccc([C@@H](C)n2cc(C(=O)NC[C@@H]3CCCO3)nn2)cc1. The average molecular weight is 314 g/mol. The molecule has 23 heavy (non-hydrogen) atoms. The molecule has 1 aliphatic rings. The molecule has 2 atom stereocenters. The molecule has 122 valence electrons. The molecule has 6 heteroatoms. The van der Waals surface area contributed by atoms with Crippen LogP contribution in [0, 0.1) is 6.92 Å². The molecule has 1 aromatic heterocycles. The minimum atomic E-state index is -0.206. The van der Waals surface area contributed by atoms with Gasteiger partial charge >= 0.3 is 0 Å². The molecule has 0 saturated carbocycles. The molecule has 1 aromatic carbocycles. The zero-order valence-corrected chi connectivity index (χ0v) is 13.5. The van der Waals surface area contributed by atoms with Crippen LogP contribution < -0.4 is 5.32 Å². The molecule has 0 spiro atoms. The van der Waals surface area contributed by atoms with E-state index in [0.29, 0.717) is 12.2 Å². The Morgan fingerprint density at radius 2 is 2.22 bits per heavy atom. The van der Waals surface area contributed by atoms with Crippen LogP contribution in [-0.2, 0) is 4.74 Å². The van der Waals surface area contributed by atoms with E-state index in [1.54, 1.807) is 10.9 Å². The summed E-state index contributed by atoms with van der Waals surface area (Å²) in [6.07, 6.45) is 3.87. The number of rotatable bonds is 5. The summed E-state index contributed by atoms with van der Waals surface area (Å²) in [5.41, 5.74) is 2.68. The Hall–Kier alpha value is -2.21. The van der Waals surface area contributed by atoms with Crippen LogP contribution in [0.4, 0.5) is 0 Å². The van der Waals surface area contributed by atoms with Crippen LogP contribution in [-0.4, -0.2) is 40.2 Å². The average Bonchev–Trinajstić information content (AvgIpc) is 3.24. The maximum Gasteiger partial charge on any atom is 0.273 e. The van der Waals surface area contributed by atoms with Gasteiger partial charge < -0.3 is 10.1 Å². The smallest absolute Gasteiger partial charge is 0.273 e. The van der Waals surface area contributed by atoms with Crippen LogP contribution in [0.1, 0.15) is 47.4 Å². The number of aryl methyl sites for hydroxylation is 1. The molecule has 1 amide bonds. The van der Waals surface area contributed by atoms with E-state index in [1.165, 1.54) is 5.56 Å². The van der Waals surface area contributed by atoms with Crippen molar-refractivity contribution in [2.75, 3.05) is 13.2 Å². The highest BCUT2D eigenvalue weighted by Crippen LogP contribution is 2.17. The highest BCUT2D eigenvalue weighted by atomic mass is 16.5. The molecule has 0 bridgehead atoms. The quantitative estimate of drug-likeness (QED) is 0.917. The molecule has 0 unspecified atom stereocenters. The summed E-state index contributed by atoms with van der Waals surface area (Å²) < 4.78 is 7.21. The lowest BCUT2D eigenvalue weighted by atomic mass is 10.1. The fourth-order valence-corrected chi connectivity index (χ4v) is 2.67. The predicted octanol–water partition coefficient (Wildman–Crippen LogP) is 2.10. The first-order valence-corrected chi connectivity index (χ1v) is 8.01. The van der Waals surface area contributed by atoms with Gasteiger partial charge in [-0.3, -0.25) is 4.79 Å². The predicted molar refractivity (Wildman–Crippen MR) is 86.3 cm³/mol. The van der Waals surface area contributed by atoms with Gasteiger partial charge in [-0.05, 0) is 32.3 Å². The molecule has 0 radical (unpaired) electrons. The Balaban J connectivity index is 1.62. The highest BCUT2D eigenvalue weighted by molar-refractivity contribution is 5.91. The number of hydrogen-bond donors (Lipinski definition) is 1. The van der Waals surface area contributed by atoms with Crippen LogP contribution in [0.15, 0.2) is 30.5 Å². The maximum atomic E-state index is 12.1. The van der Waals surface area contributed by atoms with Crippen molar-refractivity contribution in [2.45, 2.75) is 38.8 Å². The van der Waals surface area contributed by atoms with Crippen LogP contribution >= 0.6 is 0 Å². The van der Waals surface area contributed by atoms with Crippen LogP contribution in [0.25, 0.3) is 0 Å². The molecular formula is C17H22N4O2. The van der Waals surface area contributed by atoms with Crippen LogP contribution in [0.5, 0.6) is 0 Å². The first kappa shape index (κ1) is 15.7. The van der Waals surface area contributed by atoms with Gasteiger partial charge in [-0.25, -0.2) is 4.68 Å². The molecule has 1 aliphatic heterocycles. The summed E-state index contributed by atoms with van der Waals surface area (Å²) in [7, 11) is 0. The molecule has 6 nitrogen and oxygen atoms in total. The first-order chi connectivity index (χ1) is 11.1. The minimum absolute atomic E-state index is 0.0304. The highest BCUT2D eigenvalue weighted by Gasteiger charge is 2.19. The zero-order valence-electron chi connectivity index (χ0n) is 13.5. The fraction of sp³-hybridized carbons (Fsp3) is 0.471. The van der Waals surface area contributed by atoms with E-state index in [4.69, 9.17) is 4.74 Å². The second kappa shape index (κ2) is 6.91. The Morgan fingerprint density at radius 3 is 2.91 bits per heavy atom. The molecular weight excluding hydrogens is 292 g/mol. The number of amides is 1. The molecule has 1 fully saturated rings. The molecule has 1 saturated heterocycles. The molecule has 2 aromatic rings. The molecule has 0 aliphatic carbocycles. The van der Waals surface area contributed by atoms with Gasteiger partial charge in [0.15, 0.2) is 5.69 Å². The Bertz CT molecular complexity index is 659. The number of nitrogens with zero attached hydrogens (tertiary/aromatic N) is 3. The largest absolute Gasteiger partial charge is 0.376 e. The van der Waals surface area contributed by atoms with Crippen molar-refractivity contribution >= 4 is 5.91 Å². The summed E-state index contributed by atoms with van der Waals surface area (Å²) in [6.45, 7) is 5.40. The maximum absolute atomic E-state index is 12.1. The molecule has 1 N–H and O–H groups in total. The normalized spacial score (nSPS) is 18.8. The summed E-state index contributed by atoms with van der Waals surface area (Å²) >= 11 is 0. The third-order valence-electron chi connectivity index (χ3n) is 4.21. The van der Waals surface area contributed by atoms with Crippen LogP contribution in [0.3, 0.4) is 0 Å². The van der Waals surface area contributed by atoms with E-state index in [-0.39, 0.29) is 18.1 Å². The van der Waals surface area contributed by atoms with Crippen molar-refractivity contribution in [2.24, 2.45) is 0 Å². The fourth-order valence-electron chi connectivity index (χ4n) is 2.67. The number of carbonyl (C=O) groups is 1. The van der Waals surface area contributed by atoms with E-state index in [0.717, 1.165) is 25.0 Å². The summed E-state index contributed by atoms with van der Waals surface area (Å²) in [5, 5.41) is 10.9. The number of nitrogens with one attached hydrogen (secondary N) is 1. The molecule has 3 rings (SSSR count). The number of carbonyl (C=O) groups excluding carboxylic acids is 1. The zero-order chi connectivity index (χ0) is 16.2. The standard InChI is InChI=1S/C17H22N4O2/c1-12-5-7-14(8-6-12)13(2)21-11-16(19-20-21)17(22)18-10-15-4-3-9-23-15/h5-8,11,13,15H,3-4,9-10H2,1-2H3,(H,18,22)/t13-,15+/m1/s1. The van der Waals surface area contributed by atoms with E-state index >= 15 is 0 Å². The first-order valence-electron chi connectivity index (χ1n) is 8.01. The van der Waals surface area contributed by atoms with Crippen molar-refractivity contribution in [3.05, 3.63) is 47.3 Å². The monoisotopic (exact) mass is 314 g/mol. The lowest BCUT2D eigenvalue weighted by Crippen LogP contribution is -2.32. The van der Waals surface area contributed by atoms with Gasteiger partial charge in [0.25, 0.3) is 5.91 Å². The Labute approximate surface area is 135 Å². The van der Waals surface area contributed by atoms with Crippen LogP contribution in [0.2, 0.25) is 0 Å². The molecule has 2 heterocycles. The topological polar surface area (TPSA) is 69.0 Å². The third-order valence-corrected chi connectivity index (χ3v) is 4.21. The number of aromatic nitrogens is 3. The second-order valence-corrected chi connectivity index (χ2v) is 6.02. The lowest BCUT2D eigenvalue weighted by Gasteiger charge is -2.11. The summed E-state index contributed by atoms with van der Waals surface area (Å²) in [4.78, 5) is 12.1. The van der Waals surface area contributed by atoms with Gasteiger partial charge in [0.1, 0.15) is 0 Å². The number of ether oxygens (including phenoxy) is 1. The number of hydrogen-bond acceptors (Lipinski definition) is 4. The van der Waals surface area contributed by atoms with Gasteiger partial charge in [0.05, 0.1) is 18.3 Å². The number of benzene rings is 1. The van der Waals surface area contributed by atoms with E-state index in [2.05, 4.69) is 46.8 Å². The minimum Gasteiger partial charge on any atom is -0.376 e. The lowest BCUT2D eigenvalue weighted by molar-refractivity contribution is 0.0853. The van der Waals surface area contributed by atoms with E-state index in [1.807, 2.05) is 6.92 Å². The van der Waals surface area contributed by atoms with Gasteiger partial charge in [-0.2, -0.15) is 0 Å². The second-order valence-electron chi connectivity index (χ2n) is 6.02. The van der Waals surface area contributed by atoms with Crippen molar-refractivity contribution in [1.29, 1.82) is 0 Å². The summed E-state index contributed by atoms with van der Waals surface area (Å²) in [6, 6.07) is 8.30. The van der Waals surface area contributed by atoms with E-state index in [9.17, 15) is 4.79 Å². The van der Waals surface area contributed by atoms with Gasteiger partial charge in [0.2, 0.25) is 0 Å². The van der Waals surface area contributed by atoms with Crippen molar-refractivity contribution < 1.29 is 9.53 Å². The van der Waals surface area contributed by atoms with Crippen molar-refractivity contribution in [3.63, 3.8) is 0 Å². The van der Waals surface area contributed by atoms with Crippen molar-refractivity contribution in [3.8, 4) is 0 Å². The Morgan fingerprint density at radius 1 is 1.43 bits per heavy atom. The van der Waals surface area contributed by atoms with Crippen molar-refractivity contribution in [1.82, 2.24) is 20.3 Å². The van der Waals surface area contributed by atoms with Gasteiger partial charge in [-0.15, -0.1) is 5.10 Å².